The van der Waals surface area contributed by atoms with Crippen molar-refractivity contribution < 1.29 is 9.53 Å². The molecule has 1 aromatic heterocycles. The topological polar surface area (TPSA) is 76.1 Å². The number of hydrogen-bond donors (Lipinski definition) is 2. The van der Waals surface area contributed by atoms with E-state index in [1.165, 1.54) is 7.11 Å². The van der Waals surface area contributed by atoms with Crippen molar-refractivity contribution in [3.05, 3.63) is 41.0 Å². The van der Waals surface area contributed by atoms with Crippen molar-refractivity contribution in [3.63, 3.8) is 0 Å². The average Bonchev–Trinajstić information content (AvgIpc) is 2.55. The van der Waals surface area contributed by atoms with E-state index in [4.69, 9.17) is 16.3 Å². The fraction of sp³-hybridized carbons (Fsp3) is 0.353. The second kappa shape index (κ2) is 8.49. The highest BCUT2D eigenvalue weighted by atomic mass is 35.5. The number of amides is 1. The number of carbonyl (C=O) groups excluding carboxylic acids is 1. The van der Waals surface area contributed by atoms with Gasteiger partial charge in [-0.3, -0.25) is 4.79 Å². The van der Waals surface area contributed by atoms with Crippen molar-refractivity contribution in [2.75, 3.05) is 24.3 Å². The molecule has 0 aliphatic rings. The number of aromatic nitrogens is 2. The van der Waals surface area contributed by atoms with Gasteiger partial charge in [-0.15, -0.1) is 10.2 Å². The van der Waals surface area contributed by atoms with E-state index in [9.17, 15) is 4.79 Å². The first-order chi connectivity index (χ1) is 11.5. The third-order valence-corrected chi connectivity index (χ3v) is 3.63. The van der Waals surface area contributed by atoms with Crippen LogP contribution in [0.3, 0.4) is 0 Å². The van der Waals surface area contributed by atoms with Crippen LogP contribution in [-0.2, 0) is 0 Å². The van der Waals surface area contributed by atoms with Gasteiger partial charge in [0.05, 0.1) is 12.1 Å². The van der Waals surface area contributed by atoms with Crippen molar-refractivity contribution in [3.8, 4) is 5.75 Å². The molecule has 6 nitrogen and oxygen atoms in total. The van der Waals surface area contributed by atoms with Gasteiger partial charge in [-0.25, -0.2) is 0 Å². The number of halogens is 1. The molecule has 0 atom stereocenters. The van der Waals surface area contributed by atoms with Crippen LogP contribution in [0.2, 0.25) is 5.02 Å². The summed E-state index contributed by atoms with van der Waals surface area (Å²) in [7, 11) is 1.53. The zero-order valence-corrected chi connectivity index (χ0v) is 14.7. The van der Waals surface area contributed by atoms with E-state index >= 15 is 0 Å². The van der Waals surface area contributed by atoms with Crippen molar-refractivity contribution >= 4 is 29.0 Å². The number of hydrogen-bond acceptors (Lipinski definition) is 5. The van der Waals surface area contributed by atoms with Crippen LogP contribution < -0.4 is 15.4 Å². The van der Waals surface area contributed by atoms with E-state index in [2.05, 4.69) is 34.7 Å². The van der Waals surface area contributed by atoms with Gasteiger partial charge in [0.2, 0.25) is 0 Å². The van der Waals surface area contributed by atoms with Crippen LogP contribution in [0.25, 0.3) is 0 Å². The highest BCUT2D eigenvalue weighted by molar-refractivity contribution is 6.32. The lowest BCUT2D eigenvalue weighted by molar-refractivity contribution is 0.102. The SMILES string of the molecule is COc1ccc(NC(=O)c2ccc(NCCC(C)C)nn2)cc1Cl. The Labute approximate surface area is 146 Å². The summed E-state index contributed by atoms with van der Waals surface area (Å²) in [5, 5.41) is 14.3. The molecular weight excluding hydrogens is 328 g/mol. The number of benzene rings is 1. The maximum atomic E-state index is 12.2. The molecule has 1 aromatic carbocycles. The molecule has 0 aliphatic carbocycles. The molecule has 0 radical (unpaired) electrons. The van der Waals surface area contributed by atoms with Gasteiger partial charge in [0.25, 0.3) is 5.91 Å². The van der Waals surface area contributed by atoms with Gasteiger partial charge in [0.1, 0.15) is 11.6 Å². The Morgan fingerprint density at radius 1 is 1.25 bits per heavy atom. The number of rotatable bonds is 7. The molecule has 0 aliphatic heterocycles. The Balaban J connectivity index is 1.96. The summed E-state index contributed by atoms with van der Waals surface area (Å²) in [6.07, 6.45) is 1.04. The molecule has 0 bridgehead atoms. The summed E-state index contributed by atoms with van der Waals surface area (Å²) in [5.41, 5.74) is 0.795. The number of nitrogens with one attached hydrogen (secondary N) is 2. The number of anilines is 2. The van der Waals surface area contributed by atoms with Crippen molar-refractivity contribution in [2.45, 2.75) is 20.3 Å². The molecule has 0 saturated carbocycles. The highest BCUT2D eigenvalue weighted by Gasteiger charge is 2.10. The molecule has 128 valence electrons. The second-order valence-electron chi connectivity index (χ2n) is 5.72. The third-order valence-electron chi connectivity index (χ3n) is 3.33. The zero-order chi connectivity index (χ0) is 17.5. The first-order valence-electron chi connectivity index (χ1n) is 7.72. The van der Waals surface area contributed by atoms with Crippen molar-refractivity contribution in [1.29, 1.82) is 0 Å². The van der Waals surface area contributed by atoms with Gasteiger partial charge in [-0.2, -0.15) is 0 Å². The molecule has 2 N–H and O–H groups in total. The lowest BCUT2D eigenvalue weighted by atomic mass is 10.1. The molecule has 1 amide bonds. The van der Waals surface area contributed by atoms with Gasteiger partial charge in [0.15, 0.2) is 5.69 Å². The molecule has 0 fully saturated rings. The lowest BCUT2D eigenvalue weighted by Gasteiger charge is -2.09. The van der Waals surface area contributed by atoms with Crippen LogP contribution in [0.15, 0.2) is 30.3 Å². The fourth-order valence-electron chi connectivity index (χ4n) is 1.98. The van der Waals surface area contributed by atoms with Gasteiger partial charge < -0.3 is 15.4 Å². The Bertz CT molecular complexity index is 689. The summed E-state index contributed by atoms with van der Waals surface area (Å²) in [6.45, 7) is 5.14. The largest absolute Gasteiger partial charge is 0.495 e. The summed E-state index contributed by atoms with van der Waals surface area (Å²) in [6, 6.07) is 8.38. The smallest absolute Gasteiger partial charge is 0.276 e. The summed E-state index contributed by atoms with van der Waals surface area (Å²) in [5.74, 6) is 1.47. The molecule has 2 aromatic rings. The number of methoxy groups -OCH3 is 1. The lowest BCUT2D eigenvalue weighted by Crippen LogP contribution is -2.15. The van der Waals surface area contributed by atoms with Gasteiger partial charge in [-0.1, -0.05) is 25.4 Å². The fourth-order valence-corrected chi connectivity index (χ4v) is 2.23. The highest BCUT2D eigenvalue weighted by Crippen LogP contribution is 2.27. The molecule has 0 spiro atoms. The van der Waals surface area contributed by atoms with Crippen LogP contribution in [0.4, 0.5) is 11.5 Å². The van der Waals surface area contributed by atoms with Crippen molar-refractivity contribution in [2.24, 2.45) is 5.92 Å². The molecule has 1 heterocycles. The minimum atomic E-state index is -0.350. The molecule has 24 heavy (non-hydrogen) atoms. The Morgan fingerprint density at radius 2 is 2.04 bits per heavy atom. The quantitative estimate of drug-likeness (QED) is 0.794. The first-order valence-corrected chi connectivity index (χ1v) is 8.10. The van der Waals surface area contributed by atoms with Crippen LogP contribution in [0, 0.1) is 5.92 Å². The molecule has 2 rings (SSSR count). The van der Waals surface area contributed by atoms with Gasteiger partial charge in [-0.05, 0) is 42.7 Å². The maximum Gasteiger partial charge on any atom is 0.276 e. The minimum absolute atomic E-state index is 0.233. The Kier molecular flexibility index (Phi) is 6.37. The molecule has 0 saturated heterocycles. The normalized spacial score (nSPS) is 10.5. The standard InChI is InChI=1S/C17H21ClN4O2/c1-11(2)8-9-19-16-7-5-14(21-22-16)17(23)20-12-4-6-15(24-3)13(18)10-12/h4-7,10-11H,8-9H2,1-3H3,(H,19,22)(H,20,23). The van der Waals surface area contributed by atoms with Crippen molar-refractivity contribution in [1.82, 2.24) is 10.2 Å². The zero-order valence-electron chi connectivity index (χ0n) is 14.0. The molecule has 7 heteroatoms. The summed E-state index contributed by atoms with van der Waals surface area (Å²) in [4.78, 5) is 12.2. The van der Waals surface area contributed by atoms with Gasteiger partial charge in [0, 0.05) is 12.2 Å². The summed E-state index contributed by atoms with van der Waals surface area (Å²) < 4.78 is 5.08. The first kappa shape index (κ1) is 18.0. The number of ether oxygens (including phenoxy) is 1. The average molecular weight is 349 g/mol. The van der Waals surface area contributed by atoms with E-state index in [0.717, 1.165) is 13.0 Å². The Hall–Kier alpha value is -2.34. The summed E-state index contributed by atoms with van der Waals surface area (Å²) >= 11 is 6.04. The van der Waals surface area contributed by atoms with E-state index in [0.29, 0.717) is 28.2 Å². The van der Waals surface area contributed by atoms with Crippen LogP contribution in [0.1, 0.15) is 30.8 Å². The monoisotopic (exact) mass is 348 g/mol. The van der Waals surface area contributed by atoms with Gasteiger partial charge >= 0.3 is 0 Å². The van der Waals surface area contributed by atoms with Crippen LogP contribution in [-0.4, -0.2) is 29.8 Å². The maximum absolute atomic E-state index is 12.2. The van der Waals surface area contributed by atoms with E-state index in [1.54, 1.807) is 30.3 Å². The van der Waals surface area contributed by atoms with Crippen LogP contribution in [0.5, 0.6) is 5.75 Å². The Morgan fingerprint density at radius 3 is 2.62 bits per heavy atom. The minimum Gasteiger partial charge on any atom is -0.495 e. The van der Waals surface area contributed by atoms with E-state index < -0.39 is 0 Å². The third kappa shape index (κ3) is 5.09. The number of carbonyl (C=O) groups is 1. The van der Waals surface area contributed by atoms with E-state index in [-0.39, 0.29) is 11.6 Å². The second-order valence-corrected chi connectivity index (χ2v) is 6.12. The van der Waals surface area contributed by atoms with Crippen LogP contribution >= 0.6 is 11.6 Å². The predicted octanol–water partition coefficient (Wildman–Crippen LogP) is 3.85. The molecular formula is C17H21ClN4O2. The van der Waals surface area contributed by atoms with E-state index in [1.807, 2.05) is 0 Å². The predicted molar refractivity (Wildman–Crippen MR) is 95.9 cm³/mol. The molecule has 0 unspecified atom stereocenters. The number of nitrogens with zero attached hydrogens (tertiary/aromatic N) is 2.